The van der Waals surface area contributed by atoms with Crippen molar-refractivity contribution in [3.8, 4) is 11.1 Å². The van der Waals surface area contributed by atoms with Crippen LogP contribution < -0.4 is 0 Å². The van der Waals surface area contributed by atoms with Crippen LogP contribution in [0.1, 0.15) is 44.2 Å². The van der Waals surface area contributed by atoms with Crippen molar-refractivity contribution >= 4 is 0 Å². The molecule has 0 aromatic heterocycles. The van der Waals surface area contributed by atoms with E-state index < -0.39 is 0 Å². The van der Waals surface area contributed by atoms with Gasteiger partial charge in [0.15, 0.2) is 0 Å². The fourth-order valence-corrected chi connectivity index (χ4v) is 2.15. The van der Waals surface area contributed by atoms with E-state index in [0.29, 0.717) is 5.92 Å². The summed E-state index contributed by atoms with van der Waals surface area (Å²) >= 11 is 0. The average molecular weight is 237 g/mol. The Kier molecular flexibility index (Phi) is 4.19. The summed E-state index contributed by atoms with van der Waals surface area (Å²) in [6, 6.07) is 18.6. The Morgan fingerprint density at radius 3 is 2.39 bits per heavy atom. The van der Waals surface area contributed by atoms with Crippen LogP contribution in [0.15, 0.2) is 42.5 Å². The molecule has 0 fully saturated rings. The smallest absolute Gasteiger partial charge is 0.00990 e. The summed E-state index contributed by atoms with van der Waals surface area (Å²) in [4.78, 5) is 0. The van der Waals surface area contributed by atoms with Gasteiger partial charge in [0.05, 0.1) is 0 Å². The number of rotatable bonds is 4. The molecule has 0 heterocycles. The quantitative estimate of drug-likeness (QED) is 0.683. The van der Waals surface area contributed by atoms with Crippen molar-refractivity contribution in [2.45, 2.75) is 39.5 Å². The number of benzene rings is 2. The summed E-state index contributed by atoms with van der Waals surface area (Å²) in [5.41, 5.74) is 5.25. The molecule has 0 unspecified atom stereocenters. The Labute approximate surface area is 111 Å². The molecule has 0 aliphatic heterocycles. The minimum Gasteiger partial charge on any atom is -0.0651 e. The molecule has 0 saturated heterocycles. The summed E-state index contributed by atoms with van der Waals surface area (Å²) in [6.07, 6.45) is 2.37. The number of aryl methyl sites for hydroxylation is 1. The molecule has 0 saturated carbocycles. The molecule has 18 heavy (non-hydrogen) atoms. The Hall–Kier alpha value is -1.56. The van der Waals surface area contributed by atoms with Crippen molar-refractivity contribution in [2.24, 2.45) is 0 Å². The zero-order valence-corrected chi connectivity index (χ0v) is 11.5. The fourth-order valence-electron chi connectivity index (χ4n) is 2.15. The van der Waals surface area contributed by atoms with Crippen molar-refractivity contribution < 1.29 is 0 Å². The molecule has 0 bridgehead atoms. The average Bonchev–Trinajstić information content (AvgIpc) is 2.40. The minimum absolute atomic E-state index is 0.567. The predicted molar refractivity (Wildman–Crippen MR) is 78.8 cm³/mol. The van der Waals surface area contributed by atoms with E-state index >= 15 is 0 Å². The second-order valence-electron chi connectivity index (χ2n) is 5.14. The zero-order chi connectivity index (χ0) is 13.0. The third-order valence-corrected chi connectivity index (χ3v) is 3.30. The third-order valence-electron chi connectivity index (χ3n) is 3.30. The van der Waals surface area contributed by atoms with Crippen LogP contribution in [0.25, 0.3) is 11.1 Å². The first kappa shape index (κ1) is 12.9. The summed E-state index contributed by atoms with van der Waals surface area (Å²) in [7, 11) is 0. The minimum atomic E-state index is 0.567. The van der Waals surface area contributed by atoms with Gasteiger partial charge in [0.1, 0.15) is 0 Å². The normalized spacial score (nSPS) is 10.9. The van der Waals surface area contributed by atoms with Crippen molar-refractivity contribution in [3.05, 3.63) is 59.7 Å². The maximum atomic E-state index is 3.33. The molecule has 0 aliphatic carbocycles. The van der Waals surface area contributed by atoms with Crippen molar-refractivity contribution in [3.63, 3.8) is 0 Å². The van der Waals surface area contributed by atoms with Gasteiger partial charge < -0.3 is 0 Å². The Morgan fingerprint density at radius 1 is 1.06 bits per heavy atom. The van der Waals surface area contributed by atoms with Crippen molar-refractivity contribution in [1.82, 2.24) is 0 Å². The fraction of sp³-hybridized carbons (Fsp3) is 0.333. The van der Waals surface area contributed by atoms with E-state index in [1.54, 1.807) is 0 Å². The molecule has 0 amide bonds. The highest BCUT2D eigenvalue weighted by Gasteiger charge is 2.02. The van der Waals surface area contributed by atoms with E-state index in [9.17, 15) is 0 Å². The van der Waals surface area contributed by atoms with Crippen molar-refractivity contribution in [1.29, 1.82) is 0 Å². The van der Waals surface area contributed by atoms with Gasteiger partial charge in [-0.1, -0.05) is 69.7 Å². The molecule has 93 valence electrons. The molecule has 0 spiro atoms. The van der Waals surface area contributed by atoms with E-state index in [1.807, 2.05) is 6.07 Å². The second-order valence-corrected chi connectivity index (χ2v) is 5.14. The summed E-state index contributed by atoms with van der Waals surface area (Å²) in [5.74, 6) is 0.567. The van der Waals surface area contributed by atoms with Crippen LogP contribution in [0, 0.1) is 6.07 Å². The van der Waals surface area contributed by atoms with Crippen molar-refractivity contribution in [2.75, 3.05) is 0 Å². The molecule has 0 atom stereocenters. The maximum absolute atomic E-state index is 3.33. The van der Waals surface area contributed by atoms with Crippen LogP contribution in [-0.2, 0) is 6.42 Å². The van der Waals surface area contributed by atoms with Gasteiger partial charge in [0.2, 0.25) is 0 Å². The van der Waals surface area contributed by atoms with Crippen LogP contribution in [0.4, 0.5) is 0 Å². The van der Waals surface area contributed by atoms with E-state index in [4.69, 9.17) is 0 Å². The summed E-state index contributed by atoms with van der Waals surface area (Å²) < 4.78 is 0. The van der Waals surface area contributed by atoms with Crippen LogP contribution in [-0.4, -0.2) is 0 Å². The second kappa shape index (κ2) is 5.86. The van der Waals surface area contributed by atoms with E-state index in [1.165, 1.54) is 28.7 Å². The molecule has 0 nitrogen and oxygen atoms in total. The highest BCUT2D eigenvalue weighted by atomic mass is 14.1. The van der Waals surface area contributed by atoms with E-state index in [-0.39, 0.29) is 0 Å². The van der Waals surface area contributed by atoms with Crippen LogP contribution >= 0.6 is 0 Å². The van der Waals surface area contributed by atoms with E-state index in [2.05, 4.69) is 63.2 Å². The first-order chi connectivity index (χ1) is 8.70. The van der Waals surface area contributed by atoms with Gasteiger partial charge in [-0.2, -0.15) is 0 Å². The molecular weight excluding hydrogens is 216 g/mol. The lowest BCUT2D eigenvalue weighted by molar-refractivity contribution is 0.867. The molecule has 2 rings (SSSR count). The lowest BCUT2D eigenvalue weighted by Crippen LogP contribution is -1.88. The monoisotopic (exact) mass is 237 g/mol. The SMILES string of the molecule is CCCc1ccc(-c2[c]ccc(C(C)C)c2)cc1. The van der Waals surface area contributed by atoms with Crippen LogP contribution in [0.3, 0.4) is 0 Å². The molecular formula is C18H21. The maximum Gasteiger partial charge on any atom is -0.00990 e. The molecule has 0 heteroatoms. The molecule has 2 aromatic rings. The van der Waals surface area contributed by atoms with Gasteiger partial charge in [0, 0.05) is 0 Å². The summed E-state index contributed by atoms with van der Waals surface area (Å²) in [5, 5.41) is 0. The van der Waals surface area contributed by atoms with Gasteiger partial charge >= 0.3 is 0 Å². The first-order valence-corrected chi connectivity index (χ1v) is 6.81. The summed E-state index contributed by atoms with van der Waals surface area (Å²) in [6.45, 7) is 6.67. The van der Waals surface area contributed by atoms with Gasteiger partial charge in [-0.3, -0.25) is 0 Å². The molecule has 0 aliphatic rings. The molecule has 2 aromatic carbocycles. The lowest BCUT2D eigenvalue weighted by Gasteiger charge is -2.08. The Bertz CT molecular complexity index is 492. The van der Waals surface area contributed by atoms with Gasteiger partial charge in [0.25, 0.3) is 0 Å². The largest absolute Gasteiger partial charge is 0.0651 e. The predicted octanol–water partition coefficient (Wildman–Crippen LogP) is 5.23. The van der Waals surface area contributed by atoms with Gasteiger partial charge in [-0.15, -0.1) is 0 Å². The highest BCUT2D eigenvalue weighted by molar-refractivity contribution is 5.64. The number of hydrogen-bond donors (Lipinski definition) is 0. The standard InChI is InChI=1S/C18H21/c1-4-6-15-9-11-16(12-10-15)18-8-5-7-17(13-18)14(2)3/h5,7,9-14H,4,6H2,1-3H3. The van der Waals surface area contributed by atoms with Gasteiger partial charge in [-0.05, 0) is 40.7 Å². The first-order valence-electron chi connectivity index (χ1n) is 6.81. The molecule has 1 radical (unpaired) electrons. The molecule has 0 N–H and O–H groups in total. The zero-order valence-electron chi connectivity index (χ0n) is 11.5. The topological polar surface area (TPSA) is 0 Å². The van der Waals surface area contributed by atoms with Crippen LogP contribution in [0.5, 0.6) is 0 Å². The number of hydrogen-bond acceptors (Lipinski definition) is 0. The van der Waals surface area contributed by atoms with E-state index in [0.717, 1.165) is 6.42 Å². The Balaban J connectivity index is 2.28. The third kappa shape index (κ3) is 3.01. The Morgan fingerprint density at radius 2 is 1.78 bits per heavy atom. The lowest BCUT2D eigenvalue weighted by atomic mass is 9.96. The van der Waals surface area contributed by atoms with Gasteiger partial charge in [-0.25, -0.2) is 0 Å². The highest BCUT2D eigenvalue weighted by Crippen LogP contribution is 2.24. The van der Waals surface area contributed by atoms with Crippen LogP contribution in [0.2, 0.25) is 0 Å².